The van der Waals surface area contributed by atoms with Crippen LogP contribution in [0.2, 0.25) is 0 Å². The van der Waals surface area contributed by atoms with Crippen LogP contribution in [0, 0.1) is 3.57 Å². The Morgan fingerprint density at radius 3 is 2.61 bits per heavy atom. The second kappa shape index (κ2) is 5.81. The van der Waals surface area contributed by atoms with Gasteiger partial charge in [0.2, 0.25) is 0 Å². The molecule has 0 saturated carbocycles. The molecule has 0 unspecified atom stereocenters. The molecule has 0 atom stereocenters. The molecule has 0 radical (unpaired) electrons. The molecule has 1 heterocycles. The van der Waals surface area contributed by atoms with Gasteiger partial charge >= 0.3 is 0 Å². The summed E-state index contributed by atoms with van der Waals surface area (Å²) in [5.74, 6) is -0.173. The van der Waals surface area contributed by atoms with Crippen molar-refractivity contribution < 1.29 is 4.79 Å². The lowest BCUT2D eigenvalue weighted by atomic mass is 10.2. The van der Waals surface area contributed by atoms with Crippen LogP contribution in [0.25, 0.3) is 0 Å². The van der Waals surface area contributed by atoms with E-state index in [9.17, 15) is 4.79 Å². The fourth-order valence-electron chi connectivity index (χ4n) is 1.53. The number of nitrogens with zero attached hydrogens (tertiary/aromatic N) is 1. The fraction of sp³-hybridized carbons (Fsp3) is 0.0769. The van der Waals surface area contributed by atoms with E-state index in [4.69, 9.17) is 0 Å². The molecule has 5 heteroatoms. The molecule has 0 saturated heterocycles. The van der Waals surface area contributed by atoms with Gasteiger partial charge in [-0.1, -0.05) is 0 Å². The smallest absolute Gasteiger partial charge is 0.259 e. The Bertz CT molecular complexity index is 554. The summed E-state index contributed by atoms with van der Waals surface area (Å²) in [6, 6.07) is 9.39. The highest BCUT2D eigenvalue weighted by Crippen LogP contribution is 2.16. The van der Waals surface area contributed by atoms with E-state index in [1.54, 1.807) is 25.5 Å². The topological polar surface area (TPSA) is 54.0 Å². The summed E-state index contributed by atoms with van der Waals surface area (Å²) in [7, 11) is 1.77. The van der Waals surface area contributed by atoms with Crippen LogP contribution in [0.3, 0.4) is 0 Å². The number of nitrogens with one attached hydrogen (secondary N) is 2. The third-order valence-corrected chi connectivity index (χ3v) is 3.16. The minimum Gasteiger partial charge on any atom is -0.387 e. The number of carbonyl (C=O) groups is 1. The maximum atomic E-state index is 12.1. The normalized spacial score (nSPS) is 9.89. The molecule has 0 bridgehead atoms. The van der Waals surface area contributed by atoms with E-state index in [-0.39, 0.29) is 5.91 Å². The van der Waals surface area contributed by atoms with Gasteiger partial charge in [0.1, 0.15) is 0 Å². The van der Waals surface area contributed by atoms with Crippen molar-refractivity contribution in [3.05, 3.63) is 51.9 Å². The van der Waals surface area contributed by atoms with E-state index in [1.807, 2.05) is 24.3 Å². The lowest BCUT2D eigenvalue weighted by Gasteiger charge is -2.09. The number of amides is 1. The quantitative estimate of drug-likeness (QED) is 0.835. The molecule has 1 aromatic carbocycles. The highest BCUT2D eigenvalue weighted by atomic mass is 127. The van der Waals surface area contributed by atoms with Crippen LogP contribution in [0.1, 0.15) is 10.4 Å². The number of anilines is 2. The van der Waals surface area contributed by atoms with Crippen molar-refractivity contribution in [2.45, 2.75) is 0 Å². The number of pyridine rings is 1. The zero-order valence-corrected chi connectivity index (χ0v) is 11.9. The predicted molar refractivity (Wildman–Crippen MR) is 80.9 cm³/mol. The number of hydrogen-bond donors (Lipinski definition) is 2. The van der Waals surface area contributed by atoms with Crippen molar-refractivity contribution in [2.75, 3.05) is 17.7 Å². The summed E-state index contributed by atoms with van der Waals surface area (Å²) in [4.78, 5) is 16.1. The van der Waals surface area contributed by atoms with Gasteiger partial charge in [0.15, 0.2) is 0 Å². The van der Waals surface area contributed by atoms with E-state index in [1.165, 1.54) is 0 Å². The number of aromatic nitrogens is 1. The molecule has 1 aromatic heterocycles. The van der Waals surface area contributed by atoms with E-state index in [2.05, 4.69) is 38.2 Å². The maximum Gasteiger partial charge on any atom is 0.259 e. The van der Waals surface area contributed by atoms with Crippen LogP contribution in [-0.4, -0.2) is 17.9 Å². The second-order valence-electron chi connectivity index (χ2n) is 3.63. The van der Waals surface area contributed by atoms with E-state index >= 15 is 0 Å². The zero-order valence-electron chi connectivity index (χ0n) is 9.77. The summed E-state index contributed by atoms with van der Waals surface area (Å²) in [5, 5.41) is 5.81. The Morgan fingerprint density at radius 1 is 1.22 bits per heavy atom. The van der Waals surface area contributed by atoms with Crippen molar-refractivity contribution in [1.29, 1.82) is 0 Å². The van der Waals surface area contributed by atoms with Gasteiger partial charge in [0.05, 0.1) is 5.56 Å². The SMILES string of the molecule is CNc1ccncc1C(=O)Nc1ccc(I)cc1. The number of halogens is 1. The highest BCUT2D eigenvalue weighted by Gasteiger charge is 2.10. The molecule has 2 aromatic rings. The van der Waals surface area contributed by atoms with Gasteiger partial charge in [-0.05, 0) is 52.9 Å². The van der Waals surface area contributed by atoms with Crippen LogP contribution in [0.15, 0.2) is 42.7 Å². The monoisotopic (exact) mass is 353 g/mol. The Morgan fingerprint density at radius 2 is 1.94 bits per heavy atom. The van der Waals surface area contributed by atoms with Crippen molar-refractivity contribution in [3.63, 3.8) is 0 Å². The van der Waals surface area contributed by atoms with Gasteiger partial charge in [0, 0.05) is 34.4 Å². The summed E-state index contributed by atoms with van der Waals surface area (Å²) in [6.45, 7) is 0. The third kappa shape index (κ3) is 2.98. The Balaban J connectivity index is 2.19. The van der Waals surface area contributed by atoms with Gasteiger partial charge in [-0.15, -0.1) is 0 Å². The molecule has 2 rings (SSSR count). The van der Waals surface area contributed by atoms with Crippen LogP contribution in [0.5, 0.6) is 0 Å². The average molecular weight is 353 g/mol. The molecule has 0 aliphatic heterocycles. The lowest BCUT2D eigenvalue weighted by molar-refractivity contribution is 0.102. The number of rotatable bonds is 3. The second-order valence-corrected chi connectivity index (χ2v) is 4.88. The number of benzene rings is 1. The van der Waals surface area contributed by atoms with E-state index < -0.39 is 0 Å². The summed E-state index contributed by atoms with van der Waals surface area (Å²) < 4.78 is 1.13. The minimum atomic E-state index is -0.173. The summed E-state index contributed by atoms with van der Waals surface area (Å²) in [6.07, 6.45) is 3.20. The van der Waals surface area contributed by atoms with Crippen LogP contribution in [0.4, 0.5) is 11.4 Å². The Labute approximate surface area is 119 Å². The van der Waals surface area contributed by atoms with Gasteiger partial charge in [-0.2, -0.15) is 0 Å². The third-order valence-electron chi connectivity index (χ3n) is 2.44. The standard InChI is InChI=1S/C13H12IN3O/c1-15-12-6-7-16-8-11(12)13(18)17-10-4-2-9(14)3-5-10/h2-8H,1H3,(H,15,16)(H,17,18). The predicted octanol–water partition coefficient (Wildman–Crippen LogP) is 2.98. The molecule has 0 spiro atoms. The Kier molecular flexibility index (Phi) is 4.14. The first-order valence-corrected chi connectivity index (χ1v) is 6.47. The van der Waals surface area contributed by atoms with E-state index in [0.717, 1.165) is 14.9 Å². The molecule has 0 aliphatic carbocycles. The number of carbonyl (C=O) groups excluding carboxylic acids is 1. The van der Waals surface area contributed by atoms with Crippen LogP contribution < -0.4 is 10.6 Å². The molecular formula is C13H12IN3O. The molecule has 92 valence electrons. The molecular weight excluding hydrogens is 341 g/mol. The summed E-state index contributed by atoms with van der Waals surface area (Å²) >= 11 is 2.22. The minimum absolute atomic E-state index is 0.173. The van der Waals surface area contributed by atoms with Crippen molar-refractivity contribution in [3.8, 4) is 0 Å². The molecule has 4 nitrogen and oxygen atoms in total. The first-order chi connectivity index (χ1) is 8.70. The van der Waals surface area contributed by atoms with Gasteiger partial charge in [0.25, 0.3) is 5.91 Å². The molecule has 18 heavy (non-hydrogen) atoms. The molecule has 0 fully saturated rings. The maximum absolute atomic E-state index is 12.1. The van der Waals surface area contributed by atoms with E-state index in [0.29, 0.717) is 5.56 Å². The molecule has 0 aliphatic rings. The van der Waals surface area contributed by atoms with Gasteiger partial charge in [-0.3, -0.25) is 9.78 Å². The largest absolute Gasteiger partial charge is 0.387 e. The van der Waals surface area contributed by atoms with Crippen molar-refractivity contribution in [2.24, 2.45) is 0 Å². The van der Waals surface area contributed by atoms with Gasteiger partial charge < -0.3 is 10.6 Å². The number of hydrogen-bond acceptors (Lipinski definition) is 3. The first kappa shape index (κ1) is 12.8. The van der Waals surface area contributed by atoms with Crippen LogP contribution >= 0.6 is 22.6 Å². The van der Waals surface area contributed by atoms with Gasteiger partial charge in [-0.25, -0.2) is 0 Å². The molecule has 1 amide bonds. The average Bonchev–Trinajstić information content (AvgIpc) is 2.41. The van der Waals surface area contributed by atoms with Crippen molar-refractivity contribution in [1.82, 2.24) is 4.98 Å². The first-order valence-electron chi connectivity index (χ1n) is 5.39. The summed E-state index contributed by atoms with van der Waals surface area (Å²) in [5.41, 5.74) is 2.05. The Hall–Kier alpha value is -1.63. The van der Waals surface area contributed by atoms with Crippen molar-refractivity contribution >= 4 is 39.9 Å². The van der Waals surface area contributed by atoms with Crippen LogP contribution in [-0.2, 0) is 0 Å². The molecule has 2 N–H and O–H groups in total. The lowest BCUT2D eigenvalue weighted by Crippen LogP contribution is -2.14. The zero-order chi connectivity index (χ0) is 13.0. The highest BCUT2D eigenvalue weighted by molar-refractivity contribution is 14.1. The fourth-order valence-corrected chi connectivity index (χ4v) is 1.88.